The molecular weight excluding hydrogens is 414 g/mol. The zero-order valence-corrected chi connectivity index (χ0v) is 18.1. The van der Waals surface area contributed by atoms with Gasteiger partial charge < -0.3 is 15.0 Å². The van der Waals surface area contributed by atoms with E-state index in [1.165, 1.54) is 0 Å². The molecule has 31 heavy (non-hydrogen) atoms. The number of benzene rings is 2. The van der Waals surface area contributed by atoms with Crippen LogP contribution in [0.2, 0.25) is 0 Å². The standard InChI is InChI=1S/C23H25N3O4S/c1-2-14-30-20(27)15-19-22(29)24-12-13-26(19)23(31)25-21(28)18-10-8-17(9-11-18)16-6-4-3-5-7-16/h3-11,19H,2,12-15H2,1H3,(H,24,29)(H,25,28,31). The van der Waals surface area contributed by atoms with Gasteiger partial charge in [0, 0.05) is 18.7 Å². The van der Waals surface area contributed by atoms with Crippen molar-refractivity contribution in [1.82, 2.24) is 15.5 Å². The van der Waals surface area contributed by atoms with E-state index >= 15 is 0 Å². The average molecular weight is 440 g/mol. The van der Waals surface area contributed by atoms with E-state index < -0.39 is 12.0 Å². The minimum atomic E-state index is -0.814. The molecule has 0 saturated carbocycles. The maximum absolute atomic E-state index is 12.7. The number of carbonyl (C=O) groups excluding carboxylic acids is 3. The SMILES string of the molecule is CCCOC(=O)CC1C(=O)NCCN1C(=S)NC(=O)c1ccc(-c2ccccc2)cc1. The van der Waals surface area contributed by atoms with Crippen LogP contribution in [0.3, 0.4) is 0 Å². The lowest BCUT2D eigenvalue weighted by molar-refractivity contribution is -0.147. The van der Waals surface area contributed by atoms with Crippen LogP contribution in [0.25, 0.3) is 11.1 Å². The number of ether oxygens (including phenoxy) is 1. The summed E-state index contributed by atoms with van der Waals surface area (Å²) in [6.07, 6.45) is 0.567. The maximum atomic E-state index is 12.7. The van der Waals surface area contributed by atoms with Gasteiger partial charge in [0.15, 0.2) is 5.11 Å². The van der Waals surface area contributed by atoms with Crippen LogP contribution >= 0.6 is 12.2 Å². The zero-order chi connectivity index (χ0) is 22.2. The third-order valence-corrected chi connectivity index (χ3v) is 5.23. The molecule has 1 aliphatic heterocycles. The Kier molecular flexibility index (Phi) is 7.72. The Morgan fingerprint density at radius 1 is 1.13 bits per heavy atom. The quantitative estimate of drug-likeness (QED) is 0.531. The third kappa shape index (κ3) is 5.88. The van der Waals surface area contributed by atoms with Gasteiger partial charge in [-0.25, -0.2) is 0 Å². The highest BCUT2D eigenvalue weighted by atomic mass is 32.1. The lowest BCUT2D eigenvalue weighted by atomic mass is 10.0. The number of esters is 1. The molecule has 1 unspecified atom stereocenters. The summed E-state index contributed by atoms with van der Waals surface area (Å²) in [4.78, 5) is 38.6. The highest BCUT2D eigenvalue weighted by Gasteiger charge is 2.34. The monoisotopic (exact) mass is 439 g/mol. The molecule has 7 nitrogen and oxygen atoms in total. The van der Waals surface area contributed by atoms with Crippen LogP contribution in [-0.2, 0) is 14.3 Å². The van der Waals surface area contributed by atoms with E-state index in [1.54, 1.807) is 17.0 Å². The zero-order valence-electron chi connectivity index (χ0n) is 17.3. The first-order valence-electron chi connectivity index (χ1n) is 10.2. The number of nitrogens with zero attached hydrogens (tertiary/aromatic N) is 1. The molecule has 1 heterocycles. The summed E-state index contributed by atoms with van der Waals surface area (Å²) in [5.74, 6) is -1.16. The van der Waals surface area contributed by atoms with E-state index in [9.17, 15) is 14.4 Å². The van der Waals surface area contributed by atoms with Gasteiger partial charge in [-0.3, -0.25) is 19.7 Å². The lowest BCUT2D eigenvalue weighted by Gasteiger charge is -2.36. The van der Waals surface area contributed by atoms with Gasteiger partial charge in [0.2, 0.25) is 5.91 Å². The molecule has 1 aliphatic rings. The van der Waals surface area contributed by atoms with Crippen molar-refractivity contribution in [2.45, 2.75) is 25.8 Å². The molecule has 0 spiro atoms. The second kappa shape index (κ2) is 10.7. The smallest absolute Gasteiger partial charge is 0.308 e. The third-order valence-electron chi connectivity index (χ3n) is 4.89. The van der Waals surface area contributed by atoms with Crippen LogP contribution in [0.15, 0.2) is 54.6 Å². The first-order valence-corrected chi connectivity index (χ1v) is 10.6. The first kappa shape index (κ1) is 22.4. The van der Waals surface area contributed by atoms with Crippen molar-refractivity contribution in [1.29, 1.82) is 0 Å². The van der Waals surface area contributed by atoms with Crippen LogP contribution in [0.4, 0.5) is 0 Å². The van der Waals surface area contributed by atoms with Gasteiger partial charge in [0.25, 0.3) is 5.91 Å². The van der Waals surface area contributed by atoms with Gasteiger partial charge in [0.05, 0.1) is 13.0 Å². The Hall–Kier alpha value is -3.26. The number of amides is 2. The fourth-order valence-corrected chi connectivity index (χ4v) is 3.59. The molecule has 2 aromatic rings. The van der Waals surface area contributed by atoms with Crippen molar-refractivity contribution in [3.05, 3.63) is 60.2 Å². The molecule has 1 fully saturated rings. The van der Waals surface area contributed by atoms with Crippen LogP contribution in [0.1, 0.15) is 30.1 Å². The summed E-state index contributed by atoms with van der Waals surface area (Å²) in [6.45, 7) is 2.96. The van der Waals surface area contributed by atoms with Gasteiger partial charge in [-0.1, -0.05) is 49.4 Å². The number of rotatable bonds is 6. The molecule has 3 rings (SSSR count). The van der Waals surface area contributed by atoms with Gasteiger partial charge in [0.1, 0.15) is 6.04 Å². The van der Waals surface area contributed by atoms with E-state index in [4.69, 9.17) is 17.0 Å². The molecule has 162 valence electrons. The van der Waals surface area contributed by atoms with Crippen LogP contribution in [0, 0.1) is 0 Å². The Bertz CT molecular complexity index is 947. The van der Waals surface area contributed by atoms with E-state index in [0.29, 0.717) is 31.7 Å². The van der Waals surface area contributed by atoms with E-state index in [2.05, 4.69) is 10.6 Å². The van der Waals surface area contributed by atoms with Crippen LogP contribution in [-0.4, -0.2) is 53.5 Å². The molecule has 2 N–H and O–H groups in total. The molecule has 8 heteroatoms. The normalized spacial score (nSPS) is 15.7. The van der Waals surface area contributed by atoms with Gasteiger partial charge in [-0.15, -0.1) is 0 Å². The predicted octanol–water partition coefficient (Wildman–Crippen LogP) is 2.51. The van der Waals surface area contributed by atoms with Crippen molar-refractivity contribution in [3.8, 4) is 11.1 Å². The molecule has 2 amide bonds. The molecule has 0 radical (unpaired) electrons. The van der Waals surface area contributed by atoms with Crippen molar-refractivity contribution < 1.29 is 19.1 Å². The summed E-state index contributed by atoms with van der Waals surface area (Å²) < 4.78 is 5.09. The second-order valence-corrected chi connectivity index (χ2v) is 7.51. The van der Waals surface area contributed by atoms with Gasteiger partial charge in [-0.05, 0) is 41.9 Å². The number of thiocarbonyl (C=S) groups is 1. The molecule has 0 aliphatic carbocycles. The Labute approximate surface area is 186 Å². The second-order valence-electron chi connectivity index (χ2n) is 7.13. The number of carbonyl (C=O) groups is 3. The maximum Gasteiger partial charge on any atom is 0.308 e. The highest BCUT2D eigenvalue weighted by molar-refractivity contribution is 7.80. The first-order chi connectivity index (χ1) is 15.0. The summed E-state index contributed by atoms with van der Waals surface area (Å²) in [7, 11) is 0. The molecule has 1 saturated heterocycles. The summed E-state index contributed by atoms with van der Waals surface area (Å²) in [5, 5.41) is 5.51. The minimum Gasteiger partial charge on any atom is -0.466 e. The number of hydrogen-bond acceptors (Lipinski definition) is 5. The molecular formula is C23H25N3O4S. The fourth-order valence-electron chi connectivity index (χ4n) is 3.28. The van der Waals surface area contributed by atoms with Crippen LogP contribution in [0.5, 0.6) is 0 Å². The summed E-state index contributed by atoms with van der Waals surface area (Å²) >= 11 is 5.38. The number of piperazine rings is 1. The lowest BCUT2D eigenvalue weighted by Crippen LogP contribution is -2.60. The largest absolute Gasteiger partial charge is 0.466 e. The Morgan fingerprint density at radius 2 is 1.81 bits per heavy atom. The Balaban J connectivity index is 1.65. The predicted molar refractivity (Wildman–Crippen MR) is 121 cm³/mol. The van der Waals surface area contributed by atoms with Crippen molar-refractivity contribution in [3.63, 3.8) is 0 Å². The van der Waals surface area contributed by atoms with Crippen molar-refractivity contribution >= 4 is 35.1 Å². The molecule has 2 aromatic carbocycles. The minimum absolute atomic E-state index is 0.111. The van der Waals surface area contributed by atoms with E-state index in [1.807, 2.05) is 49.4 Å². The summed E-state index contributed by atoms with van der Waals surface area (Å²) in [5.41, 5.74) is 2.50. The van der Waals surface area contributed by atoms with E-state index in [-0.39, 0.29) is 23.3 Å². The highest BCUT2D eigenvalue weighted by Crippen LogP contribution is 2.19. The molecule has 0 bridgehead atoms. The molecule has 0 aromatic heterocycles. The fraction of sp³-hybridized carbons (Fsp3) is 0.304. The van der Waals surface area contributed by atoms with E-state index in [0.717, 1.165) is 11.1 Å². The number of nitrogens with one attached hydrogen (secondary N) is 2. The average Bonchev–Trinajstić information content (AvgIpc) is 2.79. The Morgan fingerprint density at radius 3 is 2.48 bits per heavy atom. The summed E-state index contributed by atoms with van der Waals surface area (Å²) in [6, 6.07) is 16.2. The number of hydrogen-bond donors (Lipinski definition) is 2. The van der Waals surface area contributed by atoms with Crippen LogP contribution < -0.4 is 10.6 Å². The van der Waals surface area contributed by atoms with Crippen molar-refractivity contribution in [2.75, 3.05) is 19.7 Å². The van der Waals surface area contributed by atoms with Crippen molar-refractivity contribution in [2.24, 2.45) is 0 Å². The van der Waals surface area contributed by atoms with Gasteiger partial charge in [-0.2, -0.15) is 0 Å². The molecule has 1 atom stereocenters. The van der Waals surface area contributed by atoms with Gasteiger partial charge >= 0.3 is 5.97 Å². The topological polar surface area (TPSA) is 87.7 Å².